The molecule has 1 rings (SSSR count). The minimum absolute atomic E-state index is 0. The zero-order valence-corrected chi connectivity index (χ0v) is 23.5. The summed E-state index contributed by atoms with van der Waals surface area (Å²) in [7, 11) is 0. The van der Waals surface area contributed by atoms with Crippen LogP contribution in [0.25, 0.3) is 0 Å². The van der Waals surface area contributed by atoms with Crippen LogP contribution in [0.4, 0.5) is 0 Å². The largest absolute Gasteiger partial charge is 1.00 e. The van der Waals surface area contributed by atoms with Crippen molar-refractivity contribution in [3.8, 4) is 0 Å². The van der Waals surface area contributed by atoms with Crippen molar-refractivity contribution in [3.63, 3.8) is 0 Å². The van der Waals surface area contributed by atoms with Crippen LogP contribution in [0.3, 0.4) is 0 Å². The van der Waals surface area contributed by atoms with Crippen LogP contribution in [0.5, 0.6) is 0 Å². The minimum atomic E-state index is -2.86. The van der Waals surface area contributed by atoms with Crippen molar-refractivity contribution in [1.29, 1.82) is 0 Å². The van der Waals surface area contributed by atoms with Gasteiger partial charge in [-0.15, -0.1) is 0 Å². The van der Waals surface area contributed by atoms with Gasteiger partial charge in [0.2, 0.25) is 0 Å². The molecule has 0 bridgehead atoms. The topological polar surface area (TPSA) is 307 Å². The van der Waals surface area contributed by atoms with E-state index in [1.165, 1.54) is 0 Å². The van der Waals surface area contributed by atoms with Gasteiger partial charge in [0.1, 0.15) is 0 Å². The van der Waals surface area contributed by atoms with Gasteiger partial charge in [0.05, 0.1) is 18.4 Å². The second-order valence-electron chi connectivity index (χ2n) is 6.58. The Morgan fingerprint density at radius 1 is 0.595 bits per heavy atom. The van der Waals surface area contributed by atoms with E-state index < -0.39 is 78.7 Å². The molecule has 16 nitrogen and oxygen atoms in total. The molecule has 0 aliphatic heterocycles. The average molecular weight is 550 g/mol. The van der Waals surface area contributed by atoms with Crippen molar-refractivity contribution < 1.29 is 139 Å². The van der Waals surface area contributed by atoms with Crippen LogP contribution in [-0.4, -0.2) is 88.7 Å². The van der Waals surface area contributed by atoms with Crippen LogP contribution < -0.4 is 69.3 Å². The fourth-order valence-electron chi connectivity index (χ4n) is 1.99. The quantitative estimate of drug-likeness (QED) is 0.126. The summed E-state index contributed by atoms with van der Waals surface area (Å²) in [4.78, 5) is 70.9. The van der Waals surface area contributed by atoms with E-state index in [-0.39, 0.29) is 59.1 Å². The van der Waals surface area contributed by atoms with Crippen LogP contribution in [-0.2, 0) is 28.8 Å². The molecule has 194 valence electrons. The molecule has 0 saturated heterocycles. The first-order chi connectivity index (χ1) is 15.9. The second kappa shape index (κ2) is 19.5. The zero-order chi connectivity index (χ0) is 28.0. The molecular weight excluding hydrogens is 530 g/mol. The third-order valence-electron chi connectivity index (χ3n) is 3.58. The summed E-state index contributed by atoms with van der Waals surface area (Å²) in [6.45, 7) is 0. The molecule has 0 fully saturated rings. The van der Waals surface area contributed by atoms with Gasteiger partial charge in [0.15, 0.2) is 11.2 Å². The van der Waals surface area contributed by atoms with Gasteiger partial charge in [-0.05, 0) is 12.1 Å². The summed E-state index contributed by atoms with van der Waals surface area (Å²) >= 11 is 0. The minimum Gasteiger partial charge on any atom is -0.550 e. The van der Waals surface area contributed by atoms with Crippen LogP contribution in [0.15, 0.2) is 30.3 Å². The fraction of sp³-hybridized carbons (Fsp3) is 0.316. The normalized spacial score (nSPS) is 9.78. The first-order valence-electron chi connectivity index (χ1n) is 8.89. The van der Waals surface area contributed by atoms with Crippen molar-refractivity contribution in [2.45, 2.75) is 36.9 Å². The van der Waals surface area contributed by atoms with E-state index >= 15 is 0 Å². The predicted octanol–water partition coefficient (Wildman–Crippen LogP) is -9.77. The van der Waals surface area contributed by atoms with Gasteiger partial charge in [0.25, 0.3) is 0 Å². The first kappa shape index (κ1) is 41.6. The third-order valence-corrected chi connectivity index (χ3v) is 3.58. The average Bonchev–Trinajstić information content (AvgIpc) is 2.67. The third kappa shape index (κ3) is 19.2. The molecule has 0 aliphatic carbocycles. The molecule has 0 spiro atoms. The molecule has 0 saturated carbocycles. The molecule has 7 N–H and O–H groups in total. The smallest absolute Gasteiger partial charge is 0.550 e. The number of aliphatic hydroxyl groups is 2. The van der Waals surface area contributed by atoms with E-state index in [1.807, 2.05) is 0 Å². The van der Waals surface area contributed by atoms with Gasteiger partial charge >= 0.3 is 89.0 Å². The van der Waals surface area contributed by atoms with E-state index in [4.69, 9.17) is 35.7 Å². The van der Waals surface area contributed by atoms with Crippen molar-refractivity contribution in [2.75, 3.05) is 0 Å². The monoisotopic (exact) mass is 550 g/mol. The number of hydrogen-bond acceptors (Lipinski definition) is 11. The van der Waals surface area contributed by atoms with Gasteiger partial charge < -0.3 is 55.5 Å². The standard InChI is InChI=1S/C7H6O2.2C6H8O7.2Na/c8-7(9)6-4-2-1-3-5-6;2*7-3(8)1-6(13,5(11)12)2-4(9)10;;/h1-5H,(H,8,9);2*13H,1-2H2,(H,7,8)(H,9,10)(H,11,12);;/q;;;2*+1/p-2. The van der Waals surface area contributed by atoms with Crippen molar-refractivity contribution >= 4 is 41.8 Å². The Balaban J connectivity index is -0.000000218. The Hall–Kier alpha value is -2.57. The maximum absolute atomic E-state index is 10.3. The van der Waals surface area contributed by atoms with Crippen LogP contribution in [0, 0.1) is 0 Å². The van der Waals surface area contributed by atoms with E-state index in [0.717, 1.165) is 0 Å². The van der Waals surface area contributed by atoms with Crippen LogP contribution in [0.2, 0.25) is 0 Å². The Kier molecular flexibility index (Phi) is 21.9. The number of aliphatic carboxylic acids is 6. The molecule has 37 heavy (non-hydrogen) atoms. The second-order valence-corrected chi connectivity index (χ2v) is 6.58. The van der Waals surface area contributed by atoms with Crippen molar-refractivity contribution in [1.82, 2.24) is 0 Å². The van der Waals surface area contributed by atoms with Gasteiger partial charge in [-0.3, -0.25) is 9.59 Å². The van der Waals surface area contributed by atoms with Crippen LogP contribution >= 0.6 is 0 Å². The molecule has 0 aliphatic rings. The Morgan fingerprint density at radius 2 is 0.892 bits per heavy atom. The molecule has 0 radical (unpaired) electrons. The summed E-state index contributed by atoms with van der Waals surface area (Å²) in [5, 5.41) is 79.4. The zero-order valence-electron chi connectivity index (χ0n) is 19.5. The van der Waals surface area contributed by atoms with Gasteiger partial charge in [-0.2, -0.15) is 0 Å². The first-order valence-corrected chi connectivity index (χ1v) is 8.89. The number of rotatable bonds is 11. The summed E-state index contributed by atoms with van der Waals surface area (Å²) in [5.74, 6) is -11.6. The number of aromatic carboxylic acids is 1. The number of benzene rings is 1. The predicted molar refractivity (Wildman–Crippen MR) is 102 cm³/mol. The molecule has 1 aromatic carbocycles. The summed E-state index contributed by atoms with van der Waals surface area (Å²) < 4.78 is 0. The number of carboxylic acid groups (broad SMARTS) is 7. The SMILES string of the molecule is O=C(O)CC(O)(CC(=O)O)C(=O)O.O=C(O)c1ccccc1.O=C([O-])CC(O)(CC(=O)[O-])C(=O)O.[Na+].[Na+]. The fourth-order valence-corrected chi connectivity index (χ4v) is 1.99. The maximum atomic E-state index is 10.3. The van der Waals surface area contributed by atoms with Gasteiger partial charge in [0, 0.05) is 24.8 Å². The molecular formula is C19H20Na2O16. The van der Waals surface area contributed by atoms with Crippen LogP contribution in [0.1, 0.15) is 36.0 Å². The molecule has 0 unspecified atom stereocenters. The molecule has 0 aromatic heterocycles. The number of carbonyl (C=O) groups is 7. The van der Waals surface area contributed by atoms with Gasteiger partial charge in [-0.1, -0.05) is 18.2 Å². The number of hydrogen-bond donors (Lipinski definition) is 7. The van der Waals surface area contributed by atoms with E-state index in [0.29, 0.717) is 5.56 Å². The Morgan fingerprint density at radius 3 is 1.08 bits per heavy atom. The maximum Gasteiger partial charge on any atom is 1.00 e. The van der Waals surface area contributed by atoms with E-state index in [2.05, 4.69) is 0 Å². The summed E-state index contributed by atoms with van der Waals surface area (Å²) in [5.41, 5.74) is -5.27. The van der Waals surface area contributed by atoms with E-state index in [1.54, 1.807) is 30.3 Å². The number of carboxylic acids is 7. The molecule has 1 aromatic rings. The Bertz CT molecular complexity index is 863. The molecule has 18 heteroatoms. The summed E-state index contributed by atoms with van der Waals surface area (Å²) in [6.07, 6.45) is -4.88. The summed E-state index contributed by atoms with van der Waals surface area (Å²) in [6, 6.07) is 8.30. The molecule has 0 heterocycles. The molecule has 0 atom stereocenters. The number of carbonyl (C=O) groups excluding carboxylic acids is 2. The van der Waals surface area contributed by atoms with Crippen molar-refractivity contribution in [3.05, 3.63) is 35.9 Å². The molecule has 0 amide bonds. The van der Waals surface area contributed by atoms with Crippen molar-refractivity contribution in [2.24, 2.45) is 0 Å². The van der Waals surface area contributed by atoms with Gasteiger partial charge in [-0.25, -0.2) is 14.4 Å². The Labute approximate surface area is 251 Å². The van der Waals surface area contributed by atoms with E-state index in [9.17, 15) is 43.8 Å².